The fourth-order valence-corrected chi connectivity index (χ4v) is 2.58. The minimum Gasteiger partial charge on any atom is -0.361 e. The maximum atomic E-state index is 12.4. The Kier molecular flexibility index (Phi) is 3.81. The van der Waals surface area contributed by atoms with Gasteiger partial charge in [0.15, 0.2) is 0 Å². The van der Waals surface area contributed by atoms with Gasteiger partial charge in [-0.3, -0.25) is 4.79 Å². The monoisotopic (exact) mass is 264 g/mol. The van der Waals surface area contributed by atoms with Crippen molar-refractivity contribution < 1.29 is 9.32 Å². The molecule has 0 fully saturated rings. The summed E-state index contributed by atoms with van der Waals surface area (Å²) >= 11 is 1.66. The topological polar surface area (TPSA) is 46.3 Å². The van der Waals surface area contributed by atoms with Crippen LogP contribution < -0.4 is 0 Å². The van der Waals surface area contributed by atoms with E-state index in [-0.39, 0.29) is 5.91 Å². The number of aryl methyl sites for hydroxylation is 2. The summed E-state index contributed by atoms with van der Waals surface area (Å²) in [6, 6.07) is 4.03. The highest BCUT2D eigenvalue weighted by molar-refractivity contribution is 7.09. The van der Waals surface area contributed by atoms with Crippen molar-refractivity contribution in [3.8, 4) is 0 Å². The molecule has 1 amide bonds. The Morgan fingerprint density at radius 2 is 2.28 bits per heavy atom. The van der Waals surface area contributed by atoms with Crippen molar-refractivity contribution in [2.75, 3.05) is 6.54 Å². The van der Waals surface area contributed by atoms with Gasteiger partial charge in [0.1, 0.15) is 11.3 Å². The zero-order valence-electron chi connectivity index (χ0n) is 10.8. The van der Waals surface area contributed by atoms with Gasteiger partial charge in [-0.2, -0.15) is 0 Å². The highest BCUT2D eigenvalue weighted by Crippen LogP contribution is 2.18. The van der Waals surface area contributed by atoms with Crippen LogP contribution in [-0.4, -0.2) is 22.5 Å². The molecule has 4 nitrogen and oxygen atoms in total. The molecule has 0 aliphatic heterocycles. The summed E-state index contributed by atoms with van der Waals surface area (Å²) in [5.74, 6) is 0.573. The first-order chi connectivity index (χ1) is 8.63. The molecule has 2 heterocycles. The Morgan fingerprint density at radius 1 is 1.50 bits per heavy atom. The molecule has 2 aromatic rings. The molecule has 0 unspecified atom stereocenters. The van der Waals surface area contributed by atoms with Crippen LogP contribution in [0.15, 0.2) is 22.0 Å². The zero-order valence-corrected chi connectivity index (χ0v) is 11.6. The Labute approximate surface area is 110 Å². The van der Waals surface area contributed by atoms with E-state index in [4.69, 9.17) is 4.52 Å². The summed E-state index contributed by atoms with van der Waals surface area (Å²) in [4.78, 5) is 15.4. The number of carbonyl (C=O) groups excluding carboxylic acids is 1. The Balaban J connectivity index is 2.20. The standard InChI is InChI=1S/C13H16N2O2S/c1-4-15(8-11-6-5-7-18-11)13(16)12-9(2)14-17-10(12)3/h5-7H,4,8H2,1-3H3. The molecule has 96 valence electrons. The van der Waals surface area contributed by atoms with Crippen LogP contribution in [0.5, 0.6) is 0 Å². The number of hydrogen-bond acceptors (Lipinski definition) is 4. The van der Waals surface area contributed by atoms with E-state index in [0.29, 0.717) is 30.1 Å². The lowest BCUT2D eigenvalue weighted by atomic mass is 10.1. The van der Waals surface area contributed by atoms with Crippen LogP contribution in [0, 0.1) is 13.8 Å². The average molecular weight is 264 g/mol. The molecule has 2 rings (SSSR count). The first-order valence-electron chi connectivity index (χ1n) is 5.88. The molecule has 0 bridgehead atoms. The van der Waals surface area contributed by atoms with Crippen molar-refractivity contribution in [1.29, 1.82) is 0 Å². The number of hydrogen-bond donors (Lipinski definition) is 0. The van der Waals surface area contributed by atoms with Gasteiger partial charge in [-0.1, -0.05) is 11.2 Å². The van der Waals surface area contributed by atoms with Crippen molar-refractivity contribution in [3.63, 3.8) is 0 Å². The van der Waals surface area contributed by atoms with Gasteiger partial charge in [-0.05, 0) is 32.2 Å². The van der Waals surface area contributed by atoms with Crippen LogP contribution in [0.1, 0.15) is 33.6 Å². The lowest BCUT2D eigenvalue weighted by Gasteiger charge is -2.19. The fourth-order valence-electron chi connectivity index (χ4n) is 1.86. The maximum Gasteiger partial charge on any atom is 0.259 e. The summed E-state index contributed by atoms with van der Waals surface area (Å²) in [6.07, 6.45) is 0. The van der Waals surface area contributed by atoms with Gasteiger partial charge in [0.25, 0.3) is 5.91 Å². The summed E-state index contributed by atoms with van der Waals surface area (Å²) in [5, 5.41) is 5.85. The van der Waals surface area contributed by atoms with Crippen LogP contribution >= 0.6 is 11.3 Å². The van der Waals surface area contributed by atoms with E-state index < -0.39 is 0 Å². The Bertz CT molecular complexity index is 512. The van der Waals surface area contributed by atoms with E-state index in [1.807, 2.05) is 24.4 Å². The van der Waals surface area contributed by atoms with Crippen LogP contribution in [-0.2, 0) is 6.54 Å². The normalized spacial score (nSPS) is 10.6. The smallest absolute Gasteiger partial charge is 0.259 e. The van der Waals surface area contributed by atoms with Crippen molar-refractivity contribution >= 4 is 17.2 Å². The zero-order chi connectivity index (χ0) is 13.1. The number of carbonyl (C=O) groups is 1. The number of thiophene rings is 1. The minimum absolute atomic E-state index is 0.0119. The van der Waals surface area contributed by atoms with Crippen LogP contribution in [0.3, 0.4) is 0 Å². The fraction of sp³-hybridized carbons (Fsp3) is 0.385. The first-order valence-corrected chi connectivity index (χ1v) is 6.76. The van der Waals surface area contributed by atoms with Gasteiger partial charge in [-0.15, -0.1) is 11.3 Å². The molecule has 0 aliphatic rings. The summed E-state index contributed by atoms with van der Waals surface area (Å²) in [7, 11) is 0. The average Bonchev–Trinajstić information content (AvgIpc) is 2.96. The predicted molar refractivity (Wildman–Crippen MR) is 70.7 cm³/mol. The second kappa shape index (κ2) is 5.35. The second-order valence-electron chi connectivity index (χ2n) is 4.10. The van der Waals surface area contributed by atoms with Crippen molar-refractivity contribution in [2.45, 2.75) is 27.3 Å². The minimum atomic E-state index is -0.0119. The number of nitrogens with zero attached hydrogens (tertiary/aromatic N) is 2. The number of rotatable bonds is 4. The molecule has 0 aromatic carbocycles. The molecule has 0 atom stereocenters. The number of amides is 1. The predicted octanol–water partition coefficient (Wildman–Crippen LogP) is 3.02. The molecule has 0 aliphatic carbocycles. The van der Waals surface area contributed by atoms with E-state index in [1.165, 1.54) is 4.88 Å². The van der Waals surface area contributed by atoms with E-state index in [0.717, 1.165) is 0 Å². The molecule has 5 heteroatoms. The van der Waals surface area contributed by atoms with Gasteiger partial charge in [0, 0.05) is 11.4 Å². The third-order valence-corrected chi connectivity index (χ3v) is 3.70. The molecule has 0 saturated carbocycles. The number of aromatic nitrogens is 1. The molecule has 2 aromatic heterocycles. The van der Waals surface area contributed by atoms with E-state index in [9.17, 15) is 4.79 Å². The van der Waals surface area contributed by atoms with Gasteiger partial charge in [0.05, 0.1) is 12.2 Å². The van der Waals surface area contributed by atoms with Gasteiger partial charge >= 0.3 is 0 Å². The molecule has 18 heavy (non-hydrogen) atoms. The molecule has 0 N–H and O–H groups in total. The lowest BCUT2D eigenvalue weighted by molar-refractivity contribution is 0.0752. The molecular formula is C13H16N2O2S. The SMILES string of the molecule is CCN(Cc1cccs1)C(=O)c1c(C)noc1C. The lowest BCUT2D eigenvalue weighted by Crippen LogP contribution is -2.30. The quantitative estimate of drug-likeness (QED) is 0.852. The highest BCUT2D eigenvalue weighted by Gasteiger charge is 2.22. The van der Waals surface area contributed by atoms with E-state index in [1.54, 1.807) is 30.1 Å². The second-order valence-corrected chi connectivity index (χ2v) is 5.13. The van der Waals surface area contributed by atoms with Crippen LogP contribution in [0.4, 0.5) is 0 Å². The van der Waals surface area contributed by atoms with Gasteiger partial charge < -0.3 is 9.42 Å². The van der Waals surface area contributed by atoms with Crippen molar-refractivity contribution in [3.05, 3.63) is 39.4 Å². The third-order valence-electron chi connectivity index (χ3n) is 2.84. The van der Waals surface area contributed by atoms with Crippen LogP contribution in [0.2, 0.25) is 0 Å². The molecule has 0 spiro atoms. The third kappa shape index (κ3) is 2.46. The summed E-state index contributed by atoms with van der Waals surface area (Å²) in [6.45, 7) is 6.84. The van der Waals surface area contributed by atoms with E-state index in [2.05, 4.69) is 5.16 Å². The maximum absolute atomic E-state index is 12.4. The molecule has 0 radical (unpaired) electrons. The summed E-state index contributed by atoms with van der Waals surface area (Å²) in [5.41, 5.74) is 1.25. The van der Waals surface area contributed by atoms with Crippen molar-refractivity contribution in [1.82, 2.24) is 10.1 Å². The van der Waals surface area contributed by atoms with E-state index >= 15 is 0 Å². The van der Waals surface area contributed by atoms with Crippen LogP contribution in [0.25, 0.3) is 0 Å². The first kappa shape index (κ1) is 12.8. The Morgan fingerprint density at radius 3 is 2.78 bits per heavy atom. The molecular weight excluding hydrogens is 248 g/mol. The summed E-state index contributed by atoms with van der Waals surface area (Å²) < 4.78 is 5.05. The highest BCUT2D eigenvalue weighted by atomic mass is 32.1. The molecule has 0 saturated heterocycles. The van der Waals surface area contributed by atoms with Gasteiger partial charge in [-0.25, -0.2) is 0 Å². The Hall–Kier alpha value is -1.62. The van der Waals surface area contributed by atoms with Gasteiger partial charge in [0.2, 0.25) is 0 Å². The largest absolute Gasteiger partial charge is 0.361 e. The van der Waals surface area contributed by atoms with Crippen molar-refractivity contribution in [2.24, 2.45) is 0 Å².